The van der Waals surface area contributed by atoms with Gasteiger partial charge in [-0.25, -0.2) is 0 Å². The van der Waals surface area contributed by atoms with Gasteiger partial charge in [0.15, 0.2) is 0 Å². The van der Waals surface area contributed by atoms with Crippen LogP contribution in [0, 0.1) is 0 Å². The quantitative estimate of drug-likeness (QED) is 0.911. The lowest BCUT2D eigenvalue weighted by Crippen LogP contribution is -2.42. The van der Waals surface area contributed by atoms with Gasteiger partial charge in [0, 0.05) is 18.8 Å². The monoisotopic (exact) mass is 284 g/mol. The number of rotatable bonds is 2. The first kappa shape index (κ1) is 13.6. The Labute approximate surface area is 122 Å². The number of morpholine rings is 1. The second kappa shape index (κ2) is 5.93. The van der Waals surface area contributed by atoms with Gasteiger partial charge in [-0.15, -0.1) is 0 Å². The van der Waals surface area contributed by atoms with Crippen molar-refractivity contribution in [3.8, 4) is 0 Å². The highest BCUT2D eigenvalue weighted by Crippen LogP contribution is 2.22. The van der Waals surface area contributed by atoms with Gasteiger partial charge < -0.3 is 14.6 Å². The zero-order valence-corrected chi connectivity index (χ0v) is 11.5. The summed E-state index contributed by atoms with van der Waals surface area (Å²) in [7, 11) is 0. The minimum atomic E-state index is -0.212. The average Bonchev–Trinajstić information content (AvgIpc) is 2.56. The summed E-state index contributed by atoms with van der Waals surface area (Å²) in [5.41, 5.74) is 1.34. The number of aromatic amines is 1. The predicted molar refractivity (Wildman–Crippen MR) is 78.1 cm³/mol. The van der Waals surface area contributed by atoms with E-state index < -0.39 is 0 Å². The van der Waals surface area contributed by atoms with Gasteiger partial charge in [-0.05, 0) is 11.6 Å². The molecule has 108 valence electrons. The summed E-state index contributed by atoms with van der Waals surface area (Å²) >= 11 is 0. The largest absolute Gasteiger partial charge is 0.370 e. The van der Waals surface area contributed by atoms with Crippen LogP contribution in [0.2, 0.25) is 0 Å². The molecule has 5 heteroatoms. The normalized spacial score (nSPS) is 18.5. The maximum absolute atomic E-state index is 12.4. The van der Waals surface area contributed by atoms with Crippen molar-refractivity contribution in [3.05, 3.63) is 70.1 Å². The Morgan fingerprint density at radius 1 is 1.19 bits per heavy atom. The Balaban J connectivity index is 1.75. The molecule has 1 aromatic carbocycles. The Morgan fingerprint density at radius 3 is 2.71 bits per heavy atom. The average molecular weight is 284 g/mol. The molecule has 0 saturated carbocycles. The number of carbonyl (C=O) groups excluding carboxylic acids is 1. The van der Waals surface area contributed by atoms with Gasteiger partial charge >= 0.3 is 0 Å². The number of carbonyl (C=O) groups is 1. The Hall–Kier alpha value is -2.40. The Bertz CT molecular complexity index is 661. The van der Waals surface area contributed by atoms with Crippen LogP contribution in [-0.2, 0) is 4.74 Å². The third kappa shape index (κ3) is 3.03. The van der Waals surface area contributed by atoms with Crippen LogP contribution in [0.1, 0.15) is 22.0 Å². The van der Waals surface area contributed by atoms with Crippen molar-refractivity contribution in [2.24, 2.45) is 0 Å². The molecular weight excluding hydrogens is 268 g/mol. The van der Waals surface area contributed by atoms with E-state index in [1.54, 1.807) is 11.0 Å². The molecule has 5 nitrogen and oxygen atoms in total. The van der Waals surface area contributed by atoms with E-state index in [-0.39, 0.29) is 17.6 Å². The van der Waals surface area contributed by atoms with Gasteiger partial charge in [0.05, 0.1) is 18.7 Å². The highest BCUT2D eigenvalue weighted by Gasteiger charge is 2.26. The van der Waals surface area contributed by atoms with Crippen molar-refractivity contribution >= 4 is 5.91 Å². The smallest absolute Gasteiger partial charge is 0.255 e. The predicted octanol–water partition coefficient (Wildman–Crippen LogP) is 1.59. The topological polar surface area (TPSA) is 62.4 Å². The summed E-state index contributed by atoms with van der Waals surface area (Å²) in [6.07, 6.45) is 1.35. The van der Waals surface area contributed by atoms with Crippen LogP contribution < -0.4 is 5.56 Å². The van der Waals surface area contributed by atoms with Crippen LogP contribution in [0.25, 0.3) is 0 Å². The van der Waals surface area contributed by atoms with Gasteiger partial charge in [0.25, 0.3) is 5.91 Å². The number of hydrogen-bond donors (Lipinski definition) is 1. The molecule has 1 atom stereocenters. The Kier molecular flexibility index (Phi) is 3.83. The third-order valence-corrected chi connectivity index (χ3v) is 3.56. The van der Waals surface area contributed by atoms with Crippen molar-refractivity contribution in [2.45, 2.75) is 6.10 Å². The minimum absolute atomic E-state index is 0.0875. The van der Waals surface area contributed by atoms with E-state index in [2.05, 4.69) is 4.98 Å². The van der Waals surface area contributed by atoms with Gasteiger partial charge in [0.1, 0.15) is 6.10 Å². The molecular formula is C16H16N2O3. The van der Waals surface area contributed by atoms with E-state index in [4.69, 9.17) is 4.74 Å². The van der Waals surface area contributed by atoms with E-state index in [1.807, 2.05) is 30.3 Å². The lowest BCUT2D eigenvalue weighted by molar-refractivity contribution is -0.0228. The van der Waals surface area contributed by atoms with Crippen molar-refractivity contribution in [1.29, 1.82) is 0 Å². The van der Waals surface area contributed by atoms with E-state index in [1.165, 1.54) is 12.3 Å². The number of ether oxygens (including phenoxy) is 1. The number of nitrogens with zero attached hydrogens (tertiary/aromatic N) is 1. The van der Waals surface area contributed by atoms with Gasteiger partial charge in [-0.1, -0.05) is 30.3 Å². The standard InChI is InChI=1S/C16H16N2O3/c19-15-7-6-13(10-17-15)16(20)18-8-9-21-14(11-18)12-4-2-1-3-5-12/h1-7,10,14H,8-9,11H2,(H,17,19). The first-order valence-corrected chi connectivity index (χ1v) is 6.88. The van der Waals surface area contributed by atoms with Crippen LogP contribution in [0.5, 0.6) is 0 Å². The molecule has 1 aliphatic heterocycles. The summed E-state index contributed by atoms with van der Waals surface area (Å²) in [6, 6.07) is 12.8. The molecule has 1 amide bonds. The molecule has 3 rings (SSSR count). The van der Waals surface area contributed by atoms with Crippen molar-refractivity contribution in [1.82, 2.24) is 9.88 Å². The molecule has 2 heterocycles. The third-order valence-electron chi connectivity index (χ3n) is 3.56. The van der Waals surface area contributed by atoms with E-state index in [0.717, 1.165) is 5.56 Å². The molecule has 1 fully saturated rings. The van der Waals surface area contributed by atoms with E-state index >= 15 is 0 Å². The molecule has 1 N–H and O–H groups in total. The molecule has 0 spiro atoms. The number of H-pyrrole nitrogens is 1. The SMILES string of the molecule is O=C(c1ccc(=O)[nH]c1)N1CCOC(c2ccccc2)C1. The van der Waals surface area contributed by atoms with Crippen molar-refractivity contribution in [2.75, 3.05) is 19.7 Å². The molecule has 21 heavy (non-hydrogen) atoms. The number of benzene rings is 1. The zero-order chi connectivity index (χ0) is 14.7. The number of amides is 1. The lowest BCUT2D eigenvalue weighted by Gasteiger charge is -2.33. The Morgan fingerprint density at radius 2 is 2.00 bits per heavy atom. The molecule has 1 unspecified atom stereocenters. The maximum atomic E-state index is 12.4. The first-order valence-electron chi connectivity index (χ1n) is 6.88. The lowest BCUT2D eigenvalue weighted by atomic mass is 10.1. The fraction of sp³-hybridized carbons (Fsp3) is 0.250. The molecule has 1 aromatic heterocycles. The minimum Gasteiger partial charge on any atom is -0.370 e. The van der Waals surface area contributed by atoms with Gasteiger partial charge in [0.2, 0.25) is 5.56 Å². The molecule has 0 aliphatic carbocycles. The molecule has 2 aromatic rings. The fourth-order valence-corrected chi connectivity index (χ4v) is 2.43. The number of hydrogen-bond acceptors (Lipinski definition) is 3. The van der Waals surface area contributed by atoms with E-state index in [0.29, 0.717) is 25.3 Å². The number of aromatic nitrogens is 1. The molecule has 1 aliphatic rings. The van der Waals surface area contributed by atoms with Crippen molar-refractivity contribution < 1.29 is 9.53 Å². The first-order chi connectivity index (χ1) is 10.2. The second-order valence-corrected chi connectivity index (χ2v) is 4.96. The van der Waals surface area contributed by atoms with Crippen LogP contribution in [0.3, 0.4) is 0 Å². The molecule has 0 radical (unpaired) electrons. The highest BCUT2D eigenvalue weighted by atomic mass is 16.5. The van der Waals surface area contributed by atoms with Gasteiger partial charge in [-0.3, -0.25) is 9.59 Å². The fourth-order valence-electron chi connectivity index (χ4n) is 2.43. The number of nitrogens with one attached hydrogen (secondary N) is 1. The highest BCUT2D eigenvalue weighted by molar-refractivity contribution is 5.93. The zero-order valence-electron chi connectivity index (χ0n) is 11.5. The maximum Gasteiger partial charge on any atom is 0.255 e. The van der Waals surface area contributed by atoms with Crippen LogP contribution in [-0.4, -0.2) is 35.5 Å². The summed E-state index contributed by atoms with van der Waals surface area (Å²) in [5, 5.41) is 0. The summed E-state index contributed by atoms with van der Waals surface area (Å²) in [4.78, 5) is 27.8. The molecule has 0 bridgehead atoms. The van der Waals surface area contributed by atoms with Gasteiger partial charge in [-0.2, -0.15) is 0 Å². The second-order valence-electron chi connectivity index (χ2n) is 4.96. The van der Waals surface area contributed by atoms with E-state index in [9.17, 15) is 9.59 Å². The van der Waals surface area contributed by atoms with Crippen LogP contribution in [0.4, 0.5) is 0 Å². The summed E-state index contributed by atoms with van der Waals surface area (Å²) in [6.45, 7) is 1.58. The van der Waals surface area contributed by atoms with Crippen molar-refractivity contribution in [3.63, 3.8) is 0 Å². The van der Waals surface area contributed by atoms with Crippen LogP contribution in [0.15, 0.2) is 53.5 Å². The van der Waals surface area contributed by atoms with Crippen LogP contribution >= 0.6 is 0 Å². The molecule has 1 saturated heterocycles. The summed E-state index contributed by atoms with van der Waals surface area (Å²) < 4.78 is 5.75. The summed E-state index contributed by atoms with van der Waals surface area (Å²) in [5.74, 6) is -0.0875. The number of pyridine rings is 1.